The lowest BCUT2D eigenvalue weighted by Gasteiger charge is -2.20. The van der Waals surface area contributed by atoms with Crippen LogP contribution in [0.5, 0.6) is 0 Å². The first-order valence-corrected chi connectivity index (χ1v) is 7.61. The largest absolute Gasteiger partial charge is 0.393 e. The van der Waals surface area contributed by atoms with Crippen LogP contribution in [0.2, 0.25) is 0 Å². The third-order valence-corrected chi connectivity index (χ3v) is 4.78. The maximum atomic E-state index is 10.2. The fourth-order valence-electron chi connectivity index (χ4n) is 3.66. The average Bonchev–Trinajstić information content (AvgIpc) is 2.75. The molecular formula is C17H24O. The summed E-state index contributed by atoms with van der Waals surface area (Å²) in [6.45, 7) is 0. The molecule has 2 unspecified atom stereocenters. The van der Waals surface area contributed by atoms with Crippen molar-refractivity contribution >= 4 is 0 Å². The SMILES string of the molecule is OC1CCCCCC1Cc1ccc2c(c1)CCC2. The minimum atomic E-state index is -0.0687. The zero-order valence-electron chi connectivity index (χ0n) is 11.2. The van der Waals surface area contributed by atoms with Gasteiger partial charge < -0.3 is 5.11 Å². The van der Waals surface area contributed by atoms with Crippen LogP contribution < -0.4 is 0 Å². The fourth-order valence-corrected chi connectivity index (χ4v) is 3.66. The van der Waals surface area contributed by atoms with Crippen molar-refractivity contribution in [2.45, 2.75) is 63.9 Å². The predicted octanol–water partition coefficient (Wildman–Crippen LogP) is 3.66. The molecular weight excluding hydrogens is 220 g/mol. The molecule has 0 spiro atoms. The highest BCUT2D eigenvalue weighted by Crippen LogP contribution is 2.29. The number of fused-ring (bicyclic) bond motifs is 1. The molecule has 18 heavy (non-hydrogen) atoms. The molecule has 1 aromatic carbocycles. The quantitative estimate of drug-likeness (QED) is 0.787. The highest BCUT2D eigenvalue weighted by molar-refractivity contribution is 5.35. The van der Waals surface area contributed by atoms with Crippen molar-refractivity contribution in [3.63, 3.8) is 0 Å². The van der Waals surface area contributed by atoms with Gasteiger partial charge in [-0.15, -0.1) is 0 Å². The molecule has 1 aromatic rings. The predicted molar refractivity (Wildman–Crippen MR) is 74.8 cm³/mol. The van der Waals surface area contributed by atoms with Gasteiger partial charge in [0.05, 0.1) is 6.10 Å². The van der Waals surface area contributed by atoms with Crippen LogP contribution in [-0.2, 0) is 19.3 Å². The Balaban J connectivity index is 1.71. The van der Waals surface area contributed by atoms with E-state index in [4.69, 9.17) is 0 Å². The summed E-state index contributed by atoms with van der Waals surface area (Å²) in [6.07, 6.45) is 10.9. The third kappa shape index (κ3) is 2.61. The molecule has 1 fully saturated rings. The Morgan fingerprint density at radius 1 is 0.944 bits per heavy atom. The van der Waals surface area contributed by atoms with Crippen LogP contribution >= 0.6 is 0 Å². The number of aryl methyl sites for hydroxylation is 2. The minimum Gasteiger partial charge on any atom is -0.393 e. The number of aliphatic hydroxyl groups is 1. The van der Waals surface area contributed by atoms with E-state index < -0.39 is 0 Å². The van der Waals surface area contributed by atoms with E-state index in [1.165, 1.54) is 50.5 Å². The van der Waals surface area contributed by atoms with E-state index in [0.29, 0.717) is 5.92 Å². The highest BCUT2D eigenvalue weighted by atomic mass is 16.3. The maximum absolute atomic E-state index is 10.2. The normalized spacial score (nSPS) is 27.8. The van der Waals surface area contributed by atoms with Crippen molar-refractivity contribution in [2.75, 3.05) is 0 Å². The number of benzene rings is 1. The zero-order chi connectivity index (χ0) is 12.4. The first-order valence-electron chi connectivity index (χ1n) is 7.61. The topological polar surface area (TPSA) is 20.2 Å². The maximum Gasteiger partial charge on any atom is 0.0571 e. The van der Waals surface area contributed by atoms with Crippen molar-refractivity contribution in [1.82, 2.24) is 0 Å². The first-order chi connectivity index (χ1) is 8.83. The molecule has 0 amide bonds. The van der Waals surface area contributed by atoms with E-state index in [0.717, 1.165) is 12.8 Å². The van der Waals surface area contributed by atoms with E-state index in [-0.39, 0.29) is 6.10 Å². The smallest absolute Gasteiger partial charge is 0.0571 e. The van der Waals surface area contributed by atoms with Crippen molar-refractivity contribution in [3.05, 3.63) is 34.9 Å². The monoisotopic (exact) mass is 244 g/mol. The van der Waals surface area contributed by atoms with Crippen molar-refractivity contribution in [2.24, 2.45) is 5.92 Å². The van der Waals surface area contributed by atoms with Gasteiger partial charge in [0.2, 0.25) is 0 Å². The van der Waals surface area contributed by atoms with Crippen LogP contribution in [0.25, 0.3) is 0 Å². The molecule has 1 N–H and O–H groups in total. The lowest BCUT2D eigenvalue weighted by atomic mass is 9.89. The summed E-state index contributed by atoms with van der Waals surface area (Å²) in [5.41, 5.74) is 4.57. The van der Waals surface area contributed by atoms with Crippen LogP contribution in [0.4, 0.5) is 0 Å². The lowest BCUT2D eigenvalue weighted by Crippen LogP contribution is -2.21. The molecule has 2 aliphatic rings. The van der Waals surface area contributed by atoms with Gasteiger partial charge in [-0.05, 0) is 61.1 Å². The Labute approximate surface area is 110 Å². The molecule has 1 saturated carbocycles. The van der Waals surface area contributed by atoms with Gasteiger partial charge in [0, 0.05) is 0 Å². The summed E-state index contributed by atoms with van der Waals surface area (Å²) in [5, 5.41) is 10.2. The summed E-state index contributed by atoms with van der Waals surface area (Å²) in [7, 11) is 0. The fraction of sp³-hybridized carbons (Fsp3) is 0.647. The molecule has 3 rings (SSSR count). The Morgan fingerprint density at radius 3 is 2.72 bits per heavy atom. The van der Waals surface area contributed by atoms with Gasteiger partial charge >= 0.3 is 0 Å². The van der Waals surface area contributed by atoms with Gasteiger partial charge in [-0.1, -0.05) is 37.5 Å². The summed E-state index contributed by atoms with van der Waals surface area (Å²) >= 11 is 0. The molecule has 2 aliphatic carbocycles. The minimum absolute atomic E-state index is 0.0687. The van der Waals surface area contributed by atoms with Gasteiger partial charge in [0.25, 0.3) is 0 Å². The van der Waals surface area contributed by atoms with Crippen LogP contribution in [0, 0.1) is 5.92 Å². The molecule has 0 aliphatic heterocycles. The van der Waals surface area contributed by atoms with Gasteiger partial charge in [-0.3, -0.25) is 0 Å². The molecule has 0 aromatic heterocycles. The molecule has 1 nitrogen and oxygen atoms in total. The van der Waals surface area contributed by atoms with Crippen LogP contribution in [0.15, 0.2) is 18.2 Å². The summed E-state index contributed by atoms with van der Waals surface area (Å²) in [5.74, 6) is 0.493. The molecule has 98 valence electrons. The van der Waals surface area contributed by atoms with E-state index >= 15 is 0 Å². The number of hydrogen-bond acceptors (Lipinski definition) is 1. The Morgan fingerprint density at radius 2 is 1.78 bits per heavy atom. The van der Waals surface area contributed by atoms with Gasteiger partial charge in [-0.25, -0.2) is 0 Å². The van der Waals surface area contributed by atoms with Crippen molar-refractivity contribution in [3.8, 4) is 0 Å². The molecule has 0 saturated heterocycles. The number of aliphatic hydroxyl groups excluding tert-OH is 1. The summed E-state index contributed by atoms with van der Waals surface area (Å²) < 4.78 is 0. The van der Waals surface area contributed by atoms with E-state index in [1.54, 1.807) is 11.1 Å². The second-order valence-electron chi connectivity index (χ2n) is 6.13. The molecule has 2 atom stereocenters. The van der Waals surface area contributed by atoms with Gasteiger partial charge in [0.15, 0.2) is 0 Å². The van der Waals surface area contributed by atoms with Crippen LogP contribution in [0.3, 0.4) is 0 Å². The van der Waals surface area contributed by atoms with E-state index in [1.807, 2.05) is 0 Å². The molecule has 0 bridgehead atoms. The molecule has 0 heterocycles. The standard InChI is InChI=1S/C17H24O/c18-17-8-3-1-2-5-16(17)12-13-9-10-14-6-4-7-15(14)11-13/h9-11,16-18H,1-8,12H2. The second-order valence-corrected chi connectivity index (χ2v) is 6.13. The number of hydrogen-bond donors (Lipinski definition) is 1. The third-order valence-electron chi connectivity index (χ3n) is 4.78. The molecule has 1 heteroatoms. The number of rotatable bonds is 2. The zero-order valence-corrected chi connectivity index (χ0v) is 11.2. The average molecular weight is 244 g/mol. The van der Waals surface area contributed by atoms with E-state index in [2.05, 4.69) is 18.2 Å². The Hall–Kier alpha value is -0.820. The highest BCUT2D eigenvalue weighted by Gasteiger charge is 2.22. The van der Waals surface area contributed by atoms with Crippen LogP contribution in [0.1, 0.15) is 55.2 Å². The molecule has 0 radical (unpaired) electrons. The first kappa shape index (κ1) is 12.2. The second kappa shape index (κ2) is 5.44. The van der Waals surface area contributed by atoms with Crippen LogP contribution in [-0.4, -0.2) is 11.2 Å². The Kier molecular flexibility index (Phi) is 3.69. The van der Waals surface area contributed by atoms with E-state index in [9.17, 15) is 5.11 Å². The summed E-state index contributed by atoms with van der Waals surface area (Å²) in [4.78, 5) is 0. The van der Waals surface area contributed by atoms with Gasteiger partial charge in [0.1, 0.15) is 0 Å². The van der Waals surface area contributed by atoms with Crippen molar-refractivity contribution < 1.29 is 5.11 Å². The van der Waals surface area contributed by atoms with Crippen molar-refractivity contribution in [1.29, 1.82) is 0 Å². The summed E-state index contributed by atoms with van der Waals surface area (Å²) in [6, 6.07) is 7.02. The Bertz CT molecular complexity index is 410. The van der Waals surface area contributed by atoms with Gasteiger partial charge in [-0.2, -0.15) is 0 Å². The lowest BCUT2D eigenvalue weighted by molar-refractivity contribution is 0.101.